The predicted molar refractivity (Wildman–Crippen MR) is 58.9 cm³/mol. The summed E-state index contributed by atoms with van der Waals surface area (Å²) in [7, 11) is 0. The predicted octanol–water partition coefficient (Wildman–Crippen LogP) is 1.30. The van der Waals surface area contributed by atoms with E-state index in [1.807, 2.05) is 27.7 Å². The summed E-state index contributed by atoms with van der Waals surface area (Å²) in [5.41, 5.74) is -0.864. The number of esters is 1. The summed E-state index contributed by atoms with van der Waals surface area (Å²) in [6.45, 7) is 9.03. The Kier molecular flexibility index (Phi) is 3.41. The van der Waals surface area contributed by atoms with Gasteiger partial charge in [0.1, 0.15) is 5.60 Å². The standard InChI is InChI=1S/C11H22N2O2/c1-10(2,3)15-9(14)11(4)6-5-7-13(12)8-11/h5-8,12H2,1-4H3/t11-/m1/s1. The molecular weight excluding hydrogens is 192 g/mol. The SMILES string of the molecule is CC(C)(C)OC(=O)[C@]1(C)CCCN(N)C1. The second-order valence-electron chi connectivity index (χ2n) is 5.64. The van der Waals surface area contributed by atoms with E-state index in [-0.39, 0.29) is 5.97 Å². The van der Waals surface area contributed by atoms with Crippen LogP contribution >= 0.6 is 0 Å². The summed E-state index contributed by atoms with van der Waals surface area (Å²) >= 11 is 0. The third kappa shape index (κ3) is 3.47. The largest absolute Gasteiger partial charge is 0.460 e. The third-order valence-corrected chi connectivity index (χ3v) is 2.62. The maximum atomic E-state index is 12.0. The van der Waals surface area contributed by atoms with E-state index in [1.54, 1.807) is 5.01 Å². The van der Waals surface area contributed by atoms with Crippen molar-refractivity contribution in [3.8, 4) is 0 Å². The van der Waals surface area contributed by atoms with Gasteiger partial charge in [0.15, 0.2) is 0 Å². The van der Waals surface area contributed by atoms with Crippen molar-refractivity contribution in [1.29, 1.82) is 0 Å². The molecule has 0 unspecified atom stereocenters. The Morgan fingerprint density at radius 1 is 1.47 bits per heavy atom. The normalized spacial score (nSPS) is 28.9. The molecule has 0 aliphatic carbocycles. The number of piperidine rings is 1. The molecule has 0 aromatic rings. The highest BCUT2D eigenvalue weighted by atomic mass is 16.6. The lowest BCUT2D eigenvalue weighted by atomic mass is 9.82. The molecule has 0 spiro atoms. The quantitative estimate of drug-likeness (QED) is 0.528. The van der Waals surface area contributed by atoms with E-state index in [4.69, 9.17) is 10.6 Å². The average Bonchev–Trinajstić information content (AvgIpc) is 2.00. The van der Waals surface area contributed by atoms with E-state index >= 15 is 0 Å². The molecule has 88 valence electrons. The van der Waals surface area contributed by atoms with Crippen molar-refractivity contribution in [2.45, 2.75) is 46.1 Å². The maximum Gasteiger partial charge on any atom is 0.313 e. The summed E-state index contributed by atoms with van der Waals surface area (Å²) in [6.07, 6.45) is 1.81. The molecular formula is C11H22N2O2. The van der Waals surface area contributed by atoms with E-state index in [2.05, 4.69) is 0 Å². The van der Waals surface area contributed by atoms with E-state index < -0.39 is 11.0 Å². The minimum atomic E-state index is -0.444. The Hall–Kier alpha value is -0.610. The van der Waals surface area contributed by atoms with Gasteiger partial charge in [0.25, 0.3) is 0 Å². The van der Waals surface area contributed by atoms with Crippen molar-refractivity contribution in [3.05, 3.63) is 0 Å². The fraction of sp³-hybridized carbons (Fsp3) is 0.909. The molecule has 0 radical (unpaired) electrons. The number of ether oxygens (including phenoxy) is 1. The van der Waals surface area contributed by atoms with Gasteiger partial charge in [-0.05, 0) is 40.5 Å². The van der Waals surface area contributed by atoms with Crippen molar-refractivity contribution < 1.29 is 9.53 Å². The Morgan fingerprint density at radius 2 is 2.07 bits per heavy atom. The minimum Gasteiger partial charge on any atom is -0.460 e. The van der Waals surface area contributed by atoms with Crippen LogP contribution in [0.4, 0.5) is 0 Å². The van der Waals surface area contributed by atoms with Crippen LogP contribution in [0.1, 0.15) is 40.5 Å². The number of rotatable bonds is 1. The average molecular weight is 214 g/mol. The molecule has 15 heavy (non-hydrogen) atoms. The zero-order valence-corrected chi connectivity index (χ0v) is 10.2. The number of hydrazine groups is 1. The zero-order chi connectivity index (χ0) is 11.7. The van der Waals surface area contributed by atoms with Crippen LogP contribution in [0.5, 0.6) is 0 Å². The second kappa shape index (κ2) is 4.10. The van der Waals surface area contributed by atoms with Gasteiger partial charge in [-0.2, -0.15) is 0 Å². The molecule has 1 aliphatic rings. The van der Waals surface area contributed by atoms with Gasteiger partial charge >= 0.3 is 5.97 Å². The van der Waals surface area contributed by atoms with Crippen molar-refractivity contribution >= 4 is 5.97 Å². The van der Waals surface area contributed by atoms with Gasteiger partial charge in [-0.15, -0.1) is 0 Å². The molecule has 1 aliphatic heterocycles. The van der Waals surface area contributed by atoms with Crippen molar-refractivity contribution in [3.63, 3.8) is 0 Å². The smallest absolute Gasteiger partial charge is 0.313 e. The Morgan fingerprint density at radius 3 is 2.53 bits per heavy atom. The monoisotopic (exact) mass is 214 g/mol. The number of hydrogen-bond acceptors (Lipinski definition) is 4. The van der Waals surface area contributed by atoms with Crippen molar-refractivity contribution in [2.24, 2.45) is 11.3 Å². The van der Waals surface area contributed by atoms with Gasteiger partial charge in [-0.1, -0.05) is 0 Å². The number of carbonyl (C=O) groups excluding carboxylic acids is 1. The molecule has 0 aromatic carbocycles. The van der Waals surface area contributed by atoms with Crippen LogP contribution < -0.4 is 5.84 Å². The van der Waals surface area contributed by atoms with E-state index in [1.165, 1.54) is 0 Å². The van der Waals surface area contributed by atoms with Gasteiger partial charge in [0.05, 0.1) is 5.41 Å². The highest BCUT2D eigenvalue weighted by Gasteiger charge is 2.40. The van der Waals surface area contributed by atoms with Crippen LogP contribution in [-0.2, 0) is 9.53 Å². The van der Waals surface area contributed by atoms with Crippen LogP contribution in [0.3, 0.4) is 0 Å². The van der Waals surface area contributed by atoms with E-state index in [9.17, 15) is 4.79 Å². The summed E-state index contributed by atoms with van der Waals surface area (Å²) in [5, 5.41) is 1.70. The van der Waals surface area contributed by atoms with Crippen LogP contribution in [0.15, 0.2) is 0 Å². The summed E-state index contributed by atoms with van der Waals surface area (Å²) < 4.78 is 5.41. The molecule has 1 rings (SSSR count). The summed E-state index contributed by atoms with van der Waals surface area (Å²) in [5.74, 6) is 5.60. The summed E-state index contributed by atoms with van der Waals surface area (Å²) in [6, 6.07) is 0. The minimum absolute atomic E-state index is 0.134. The number of hydrogen-bond donors (Lipinski definition) is 1. The van der Waals surface area contributed by atoms with E-state index in [0.29, 0.717) is 6.54 Å². The van der Waals surface area contributed by atoms with Crippen molar-refractivity contribution in [2.75, 3.05) is 13.1 Å². The molecule has 0 saturated carbocycles. The highest BCUT2D eigenvalue weighted by molar-refractivity contribution is 5.77. The number of nitrogens with zero attached hydrogens (tertiary/aromatic N) is 1. The topological polar surface area (TPSA) is 55.6 Å². The first kappa shape index (κ1) is 12.5. The molecule has 1 heterocycles. The lowest BCUT2D eigenvalue weighted by Gasteiger charge is -2.37. The van der Waals surface area contributed by atoms with Crippen LogP contribution in [0.2, 0.25) is 0 Å². The Labute approximate surface area is 91.7 Å². The maximum absolute atomic E-state index is 12.0. The van der Waals surface area contributed by atoms with Crippen LogP contribution in [0.25, 0.3) is 0 Å². The number of carbonyl (C=O) groups is 1. The molecule has 0 aromatic heterocycles. The van der Waals surface area contributed by atoms with E-state index in [0.717, 1.165) is 19.4 Å². The fourth-order valence-corrected chi connectivity index (χ4v) is 1.85. The first-order valence-electron chi connectivity index (χ1n) is 5.46. The Bertz CT molecular complexity index is 247. The lowest BCUT2D eigenvalue weighted by molar-refractivity contribution is -0.170. The molecule has 1 atom stereocenters. The van der Waals surface area contributed by atoms with Crippen LogP contribution in [0, 0.1) is 5.41 Å². The lowest BCUT2D eigenvalue weighted by Crippen LogP contribution is -2.50. The summed E-state index contributed by atoms with van der Waals surface area (Å²) in [4.78, 5) is 12.0. The molecule has 0 bridgehead atoms. The highest BCUT2D eigenvalue weighted by Crippen LogP contribution is 2.31. The second-order valence-corrected chi connectivity index (χ2v) is 5.64. The van der Waals surface area contributed by atoms with Crippen LogP contribution in [-0.4, -0.2) is 29.7 Å². The molecule has 2 N–H and O–H groups in total. The molecule has 1 fully saturated rings. The van der Waals surface area contributed by atoms with Gasteiger partial charge in [0.2, 0.25) is 0 Å². The van der Waals surface area contributed by atoms with Gasteiger partial charge in [-0.3, -0.25) is 10.6 Å². The molecule has 4 nitrogen and oxygen atoms in total. The molecule has 0 amide bonds. The van der Waals surface area contributed by atoms with Gasteiger partial charge < -0.3 is 4.74 Å². The fourth-order valence-electron chi connectivity index (χ4n) is 1.85. The molecule has 4 heteroatoms. The number of nitrogens with two attached hydrogens (primary N) is 1. The first-order chi connectivity index (χ1) is 6.73. The third-order valence-electron chi connectivity index (χ3n) is 2.62. The molecule has 1 saturated heterocycles. The first-order valence-corrected chi connectivity index (χ1v) is 5.46. The van der Waals surface area contributed by atoms with Crippen molar-refractivity contribution in [1.82, 2.24) is 5.01 Å². The van der Waals surface area contributed by atoms with Gasteiger partial charge in [-0.25, -0.2) is 5.01 Å². The van der Waals surface area contributed by atoms with Gasteiger partial charge in [0, 0.05) is 13.1 Å². The Balaban J connectivity index is 2.64. The zero-order valence-electron chi connectivity index (χ0n) is 10.2.